The van der Waals surface area contributed by atoms with Crippen molar-refractivity contribution in [1.82, 2.24) is 14.6 Å². The van der Waals surface area contributed by atoms with Crippen LogP contribution in [0.2, 0.25) is 0 Å². The van der Waals surface area contributed by atoms with Crippen LogP contribution in [0.1, 0.15) is 12.0 Å². The van der Waals surface area contributed by atoms with Crippen LogP contribution in [0.5, 0.6) is 0 Å². The number of hydrogen-bond donors (Lipinski definition) is 1. The van der Waals surface area contributed by atoms with Gasteiger partial charge in [-0.1, -0.05) is 29.8 Å². The molecule has 0 bridgehead atoms. The van der Waals surface area contributed by atoms with E-state index in [-0.39, 0.29) is 6.10 Å². The summed E-state index contributed by atoms with van der Waals surface area (Å²) in [6, 6.07) is 10.4. The van der Waals surface area contributed by atoms with Gasteiger partial charge in [0.1, 0.15) is 5.52 Å². The maximum absolute atomic E-state index is 9.75. The number of nitrogens with zero attached hydrogens (tertiary/aromatic N) is 4. The van der Waals surface area contributed by atoms with Gasteiger partial charge in [0.15, 0.2) is 5.82 Å². The molecule has 5 heteroatoms. The van der Waals surface area contributed by atoms with Gasteiger partial charge in [0.2, 0.25) is 0 Å². The Kier molecular flexibility index (Phi) is 3.08. The second kappa shape index (κ2) is 5.10. The average molecular weight is 294 g/mol. The first-order valence-corrected chi connectivity index (χ1v) is 7.55. The van der Waals surface area contributed by atoms with Crippen molar-refractivity contribution in [2.24, 2.45) is 0 Å². The lowest BCUT2D eigenvalue weighted by Crippen LogP contribution is -2.22. The second-order valence-corrected chi connectivity index (χ2v) is 5.86. The zero-order chi connectivity index (χ0) is 15.1. The molecule has 1 atom stereocenters. The van der Waals surface area contributed by atoms with E-state index in [4.69, 9.17) is 0 Å². The third-order valence-electron chi connectivity index (χ3n) is 4.18. The zero-order valence-electron chi connectivity index (χ0n) is 12.5. The second-order valence-electron chi connectivity index (χ2n) is 5.86. The van der Waals surface area contributed by atoms with Gasteiger partial charge in [0.25, 0.3) is 0 Å². The summed E-state index contributed by atoms with van der Waals surface area (Å²) < 4.78 is 1.86. The number of fused-ring (bicyclic) bond motifs is 1. The maximum atomic E-state index is 9.75. The van der Waals surface area contributed by atoms with Crippen molar-refractivity contribution in [1.29, 1.82) is 0 Å². The fourth-order valence-corrected chi connectivity index (χ4v) is 2.95. The van der Waals surface area contributed by atoms with Gasteiger partial charge in [-0.15, -0.1) is 0 Å². The van der Waals surface area contributed by atoms with Crippen LogP contribution in [-0.2, 0) is 0 Å². The number of aromatic nitrogens is 3. The highest BCUT2D eigenvalue weighted by Gasteiger charge is 2.23. The van der Waals surface area contributed by atoms with Gasteiger partial charge in [-0.3, -0.25) is 0 Å². The highest BCUT2D eigenvalue weighted by molar-refractivity contribution is 5.75. The molecule has 1 aromatic carbocycles. The van der Waals surface area contributed by atoms with Crippen LogP contribution in [0, 0.1) is 6.92 Å². The van der Waals surface area contributed by atoms with Crippen molar-refractivity contribution >= 4 is 11.3 Å². The molecule has 0 radical (unpaired) electrons. The lowest BCUT2D eigenvalue weighted by molar-refractivity contribution is 0.198. The van der Waals surface area contributed by atoms with Crippen molar-refractivity contribution in [2.45, 2.75) is 19.4 Å². The molecule has 1 N–H and O–H groups in total. The van der Waals surface area contributed by atoms with Gasteiger partial charge in [0, 0.05) is 31.0 Å². The topological polar surface area (TPSA) is 53.7 Å². The Labute approximate surface area is 128 Å². The summed E-state index contributed by atoms with van der Waals surface area (Å²) in [5, 5.41) is 14.4. The van der Waals surface area contributed by atoms with Crippen LogP contribution in [-0.4, -0.2) is 38.9 Å². The summed E-state index contributed by atoms with van der Waals surface area (Å²) in [5.74, 6) is 0.893. The van der Waals surface area contributed by atoms with E-state index >= 15 is 0 Å². The van der Waals surface area contributed by atoms with Crippen molar-refractivity contribution in [3.05, 3.63) is 48.3 Å². The van der Waals surface area contributed by atoms with E-state index in [9.17, 15) is 5.11 Å². The van der Waals surface area contributed by atoms with Gasteiger partial charge in [0.05, 0.1) is 11.8 Å². The SMILES string of the molecule is Cc1ccc(-c2cc3c(N4CCC(O)C4)nccn3n2)cc1. The summed E-state index contributed by atoms with van der Waals surface area (Å²) in [7, 11) is 0. The lowest BCUT2D eigenvalue weighted by atomic mass is 10.1. The summed E-state index contributed by atoms with van der Waals surface area (Å²) in [6.45, 7) is 3.55. The molecule has 5 nitrogen and oxygen atoms in total. The Morgan fingerprint density at radius 2 is 2.05 bits per heavy atom. The van der Waals surface area contributed by atoms with Gasteiger partial charge < -0.3 is 10.0 Å². The molecular weight excluding hydrogens is 276 g/mol. The lowest BCUT2D eigenvalue weighted by Gasteiger charge is -2.16. The van der Waals surface area contributed by atoms with Crippen LogP contribution >= 0.6 is 0 Å². The Morgan fingerprint density at radius 1 is 1.23 bits per heavy atom. The maximum Gasteiger partial charge on any atom is 0.154 e. The molecular formula is C17H18N4O. The van der Waals surface area contributed by atoms with Gasteiger partial charge in [-0.2, -0.15) is 5.10 Å². The molecule has 1 saturated heterocycles. The van der Waals surface area contributed by atoms with Crippen LogP contribution < -0.4 is 4.90 Å². The molecule has 1 fully saturated rings. The van der Waals surface area contributed by atoms with E-state index < -0.39 is 0 Å². The standard InChI is InChI=1S/C17H18N4O/c1-12-2-4-13(5-3-12)15-10-16-17(18-7-9-21(16)19-15)20-8-6-14(22)11-20/h2-5,7,9-10,14,22H,6,8,11H2,1H3. The molecule has 4 rings (SSSR count). The van der Waals surface area contributed by atoms with Crippen molar-refractivity contribution in [2.75, 3.05) is 18.0 Å². The number of aliphatic hydroxyl groups excluding tert-OH is 1. The van der Waals surface area contributed by atoms with Crippen LogP contribution in [0.25, 0.3) is 16.8 Å². The summed E-state index contributed by atoms with van der Waals surface area (Å²) >= 11 is 0. The molecule has 0 amide bonds. The van der Waals surface area contributed by atoms with E-state index in [0.29, 0.717) is 6.54 Å². The van der Waals surface area contributed by atoms with E-state index in [2.05, 4.69) is 52.2 Å². The normalized spacial score (nSPS) is 18.3. The van der Waals surface area contributed by atoms with Gasteiger partial charge in [-0.25, -0.2) is 9.50 Å². The number of aliphatic hydroxyl groups is 1. The Morgan fingerprint density at radius 3 is 2.77 bits per heavy atom. The van der Waals surface area contributed by atoms with E-state index in [1.807, 2.05) is 10.7 Å². The number of aryl methyl sites for hydroxylation is 1. The average Bonchev–Trinajstić information content (AvgIpc) is 3.13. The van der Waals surface area contributed by atoms with Crippen molar-refractivity contribution in [3.63, 3.8) is 0 Å². The largest absolute Gasteiger partial charge is 0.391 e. The van der Waals surface area contributed by atoms with Crippen molar-refractivity contribution < 1.29 is 5.11 Å². The quantitative estimate of drug-likeness (QED) is 0.788. The van der Waals surface area contributed by atoms with Crippen LogP contribution in [0.4, 0.5) is 5.82 Å². The fraction of sp³-hybridized carbons (Fsp3) is 0.294. The number of anilines is 1. The zero-order valence-corrected chi connectivity index (χ0v) is 12.5. The molecule has 1 aliphatic heterocycles. The molecule has 112 valence electrons. The fourth-order valence-electron chi connectivity index (χ4n) is 2.95. The van der Waals surface area contributed by atoms with E-state index in [1.165, 1.54) is 5.56 Å². The molecule has 22 heavy (non-hydrogen) atoms. The van der Waals surface area contributed by atoms with Gasteiger partial charge in [-0.05, 0) is 19.4 Å². The summed E-state index contributed by atoms with van der Waals surface area (Å²) in [6.07, 6.45) is 4.16. The predicted octanol–water partition coefficient (Wildman–Crippen LogP) is 2.28. The predicted molar refractivity (Wildman–Crippen MR) is 86.0 cm³/mol. The smallest absolute Gasteiger partial charge is 0.154 e. The highest BCUT2D eigenvalue weighted by Crippen LogP contribution is 2.27. The Bertz CT molecular complexity index is 809. The summed E-state index contributed by atoms with van der Waals surface area (Å²) in [5.41, 5.74) is 4.25. The number of rotatable bonds is 2. The molecule has 0 saturated carbocycles. The minimum absolute atomic E-state index is 0.262. The molecule has 1 unspecified atom stereocenters. The number of hydrogen-bond acceptors (Lipinski definition) is 4. The van der Waals surface area contributed by atoms with Gasteiger partial charge >= 0.3 is 0 Å². The minimum atomic E-state index is -0.262. The number of β-amino-alcohol motifs (C(OH)–C–C–N with tert-alkyl or cyclic N) is 1. The van der Waals surface area contributed by atoms with E-state index in [0.717, 1.165) is 35.6 Å². The first-order chi connectivity index (χ1) is 10.7. The molecule has 3 heterocycles. The first kappa shape index (κ1) is 13.3. The third-order valence-corrected chi connectivity index (χ3v) is 4.18. The monoisotopic (exact) mass is 294 g/mol. The molecule has 0 aliphatic carbocycles. The van der Waals surface area contributed by atoms with Crippen molar-refractivity contribution in [3.8, 4) is 11.3 Å². The minimum Gasteiger partial charge on any atom is -0.391 e. The summed E-state index contributed by atoms with van der Waals surface area (Å²) in [4.78, 5) is 6.62. The Balaban J connectivity index is 1.79. The first-order valence-electron chi connectivity index (χ1n) is 7.55. The van der Waals surface area contributed by atoms with E-state index in [1.54, 1.807) is 6.20 Å². The molecule has 3 aromatic rings. The number of benzene rings is 1. The van der Waals surface area contributed by atoms with Crippen LogP contribution in [0.3, 0.4) is 0 Å². The molecule has 2 aromatic heterocycles. The Hall–Kier alpha value is -2.40. The van der Waals surface area contributed by atoms with Crippen LogP contribution in [0.15, 0.2) is 42.7 Å². The third kappa shape index (κ3) is 2.23. The molecule has 1 aliphatic rings. The molecule has 0 spiro atoms. The highest BCUT2D eigenvalue weighted by atomic mass is 16.3.